The highest BCUT2D eigenvalue weighted by Gasteiger charge is 2.54. The lowest BCUT2D eigenvalue weighted by atomic mass is 9.65. The molecule has 1 heterocycles. The minimum absolute atomic E-state index is 0.122. The summed E-state index contributed by atoms with van der Waals surface area (Å²) in [4.78, 5) is 17.0. The zero-order valence-corrected chi connectivity index (χ0v) is 12.8. The highest BCUT2D eigenvalue weighted by Crippen LogP contribution is 2.42. The Hall–Kier alpha value is -1.06. The van der Waals surface area contributed by atoms with Gasteiger partial charge in [0.25, 0.3) is 5.91 Å². The summed E-state index contributed by atoms with van der Waals surface area (Å²) < 4.78 is 0. The van der Waals surface area contributed by atoms with Crippen LogP contribution in [0.25, 0.3) is 0 Å². The molecule has 3 unspecified atom stereocenters. The SMILES string of the molecule is CC1CCC(C(C)C)C2(C1)NC(=NC(C)C)NC2=O. The lowest BCUT2D eigenvalue weighted by Crippen LogP contribution is -2.57. The number of nitrogens with one attached hydrogen (secondary N) is 2. The van der Waals surface area contributed by atoms with Crippen LogP contribution in [0.2, 0.25) is 0 Å². The van der Waals surface area contributed by atoms with Crippen molar-refractivity contribution in [2.75, 3.05) is 0 Å². The molecule has 1 aliphatic carbocycles. The molecule has 2 fully saturated rings. The summed E-state index contributed by atoms with van der Waals surface area (Å²) in [5, 5.41) is 6.39. The van der Waals surface area contributed by atoms with Gasteiger partial charge in [-0.1, -0.05) is 27.2 Å². The number of guanidine groups is 1. The van der Waals surface area contributed by atoms with Gasteiger partial charge in [-0.25, -0.2) is 0 Å². The molecule has 0 aromatic carbocycles. The lowest BCUT2D eigenvalue weighted by Gasteiger charge is -2.43. The number of rotatable bonds is 2. The van der Waals surface area contributed by atoms with Crippen LogP contribution < -0.4 is 10.6 Å². The molecule has 3 atom stereocenters. The van der Waals surface area contributed by atoms with Gasteiger partial charge in [0.2, 0.25) is 0 Å². The van der Waals surface area contributed by atoms with Crippen molar-refractivity contribution in [2.45, 2.75) is 65.5 Å². The van der Waals surface area contributed by atoms with Gasteiger partial charge in [0.1, 0.15) is 5.54 Å². The molecular formula is C15H27N3O. The average molecular weight is 265 g/mol. The summed E-state index contributed by atoms with van der Waals surface area (Å²) in [5.74, 6) is 2.27. The Morgan fingerprint density at radius 1 is 1.26 bits per heavy atom. The second-order valence-electron chi connectivity index (χ2n) is 6.86. The molecule has 1 spiro atoms. The minimum Gasteiger partial charge on any atom is -0.341 e. The molecule has 2 N–H and O–H groups in total. The molecule has 0 aromatic rings. The molecule has 1 amide bonds. The van der Waals surface area contributed by atoms with Crippen LogP contribution in [0.4, 0.5) is 0 Å². The number of nitrogens with zero attached hydrogens (tertiary/aromatic N) is 1. The molecule has 1 aliphatic heterocycles. The predicted molar refractivity (Wildman–Crippen MR) is 77.9 cm³/mol. The van der Waals surface area contributed by atoms with Gasteiger partial charge in [-0.05, 0) is 44.4 Å². The number of carbonyl (C=O) groups is 1. The standard InChI is InChI=1S/C15H27N3O/c1-9(2)12-7-6-11(5)8-15(12)13(19)17-14(18-15)16-10(3)4/h9-12H,6-8H2,1-5H3,(H2,16,17,18,19). The lowest BCUT2D eigenvalue weighted by molar-refractivity contribution is -0.129. The zero-order chi connectivity index (χ0) is 14.2. The van der Waals surface area contributed by atoms with Crippen LogP contribution in [0, 0.1) is 17.8 Å². The third kappa shape index (κ3) is 2.63. The molecule has 2 rings (SSSR count). The topological polar surface area (TPSA) is 53.5 Å². The van der Waals surface area contributed by atoms with Crippen molar-refractivity contribution in [1.29, 1.82) is 0 Å². The van der Waals surface area contributed by atoms with E-state index in [-0.39, 0.29) is 11.9 Å². The predicted octanol–water partition coefficient (Wildman–Crippen LogP) is 2.30. The van der Waals surface area contributed by atoms with Crippen LogP contribution in [0.5, 0.6) is 0 Å². The van der Waals surface area contributed by atoms with Crippen molar-refractivity contribution in [3.05, 3.63) is 0 Å². The average Bonchev–Trinajstić information content (AvgIpc) is 2.53. The van der Waals surface area contributed by atoms with E-state index in [1.165, 1.54) is 6.42 Å². The number of carbonyl (C=O) groups excluding carboxylic acids is 1. The van der Waals surface area contributed by atoms with Crippen LogP contribution in [0.1, 0.15) is 53.9 Å². The first-order chi connectivity index (χ1) is 8.85. The molecule has 2 aliphatic rings. The Balaban J connectivity index is 2.30. The molecule has 0 bridgehead atoms. The molecule has 0 radical (unpaired) electrons. The summed E-state index contributed by atoms with van der Waals surface area (Å²) in [6, 6.07) is 0.191. The van der Waals surface area contributed by atoms with Crippen molar-refractivity contribution in [1.82, 2.24) is 10.6 Å². The monoisotopic (exact) mass is 265 g/mol. The normalized spacial score (nSPS) is 37.2. The Labute approximate surface area is 116 Å². The van der Waals surface area contributed by atoms with Gasteiger partial charge < -0.3 is 5.32 Å². The highest BCUT2D eigenvalue weighted by molar-refractivity contribution is 6.09. The molecular weight excluding hydrogens is 238 g/mol. The van der Waals surface area contributed by atoms with Crippen molar-refractivity contribution in [2.24, 2.45) is 22.7 Å². The van der Waals surface area contributed by atoms with Gasteiger partial charge in [0.05, 0.1) is 0 Å². The number of hydrogen-bond acceptors (Lipinski definition) is 2. The molecule has 19 heavy (non-hydrogen) atoms. The van der Waals surface area contributed by atoms with Crippen molar-refractivity contribution in [3.8, 4) is 0 Å². The molecule has 1 saturated heterocycles. The van der Waals surface area contributed by atoms with E-state index < -0.39 is 5.54 Å². The highest BCUT2D eigenvalue weighted by atomic mass is 16.2. The van der Waals surface area contributed by atoms with Crippen LogP contribution in [0.15, 0.2) is 4.99 Å². The first kappa shape index (κ1) is 14.4. The fourth-order valence-electron chi connectivity index (χ4n) is 3.66. The van der Waals surface area contributed by atoms with Gasteiger partial charge in [0, 0.05) is 6.04 Å². The molecule has 4 heteroatoms. The van der Waals surface area contributed by atoms with E-state index in [2.05, 4.69) is 36.4 Å². The second-order valence-corrected chi connectivity index (χ2v) is 6.86. The summed E-state index contributed by atoms with van der Waals surface area (Å²) in [7, 11) is 0. The fraction of sp³-hybridized carbons (Fsp3) is 0.867. The molecule has 4 nitrogen and oxygen atoms in total. The van der Waals surface area contributed by atoms with Crippen molar-refractivity contribution < 1.29 is 4.79 Å². The first-order valence-electron chi connectivity index (χ1n) is 7.52. The van der Waals surface area contributed by atoms with Crippen LogP contribution in [-0.4, -0.2) is 23.4 Å². The van der Waals surface area contributed by atoms with E-state index in [4.69, 9.17) is 0 Å². The van der Waals surface area contributed by atoms with E-state index in [1.807, 2.05) is 13.8 Å². The third-order valence-electron chi connectivity index (χ3n) is 4.44. The summed E-state index contributed by atoms with van der Waals surface area (Å²) in [6.07, 6.45) is 3.25. The van der Waals surface area contributed by atoms with E-state index in [9.17, 15) is 4.79 Å². The van der Waals surface area contributed by atoms with Crippen molar-refractivity contribution in [3.63, 3.8) is 0 Å². The fourth-order valence-corrected chi connectivity index (χ4v) is 3.66. The van der Waals surface area contributed by atoms with Crippen molar-refractivity contribution >= 4 is 11.9 Å². The van der Waals surface area contributed by atoms with Gasteiger partial charge in [0.15, 0.2) is 5.96 Å². The van der Waals surface area contributed by atoms with E-state index in [0.717, 1.165) is 12.8 Å². The zero-order valence-electron chi connectivity index (χ0n) is 12.8. The Kier molecular flexibility index (Phi) is 3.88. The maximum Gasteiger partial charge on any atom is 0.252 e. The van der Waals surface area contributed by atoms with Crippen LogP contribution >= 0.6 is 0 Å². The van der Waals surface area contributed by atoms with Crippen LogP contribution in [0.3, 0.4) is 0 Å². The minimum atomic E-state index is -0.431. The largest absolute Gasteiger partial charge is 0.341 e. The van der Waals surface area contributed by atoms with Crippen LogP contribution in [-0.2, 0) is 4.79 Å². The van der Waals surface area contributed by atoms with E-state index >= 15 is 0 Å². The number of aliphatic imine (C=N–C) groups is 1. The molecule has 0 aromatic heterocycles. The summed E-state index contributed by atoms with van der Waals surface area (Å²) in [5.41, 5.74) is -0.431. The quantitative estimate of drug-likeness (QED) is 0.805. The Morgan fingerprint density at radius 2 is 1.95 bits per heavy atom. The Bertz CT molecular complexity index is 389. The van der Waals surface area contributed by atoms with E-state index in [0.29, 0.717) is 23.7 Å². The van der Waals surface area contributed by atoms with E-state index in [1.54, 1.807) is 0 Å². The number of amides is 1. The molecule has 1 saturated carbocycles. The second kappa shape index (κ2) is 5.14. The van der Waals surface area contributed by atoms with Gasteiger partial charge in [-0.3, -0.25) is 15.1 Å². The number of hydrogen-bond donors (Lipinski definition) is 2. The summed E-state index contributed by atoms with van der Waals surface area (Å²) in [6.45, 7) is 10.7. The van der Waals surface area contributed by atoms with Gasteiger partial charge >= 0.3 is 0 Å². The third-order valence-corrected chi connectivity index (χ3v) is 4.44. The smallest absolute Gasteiger partial charge is 0.252 e. The van der Waals surface area contributed by atoms with Gasteiger partial charge in [-0.2, -0.15) is 0 Å². The molecule has 108 valence electrons. The van der Waals surface area contributed by atoms with Gasteiger partial charge in [-0.15, -0.1) is 0 Å². The summed E-state index contributed by atoms with van der Waals surface area (Å²) >= 11 is 0. The Morgan fingerprint density at radius 3 is 2.53 bits per heavy atom. The maximum absolute atomic E-state index is 12.5. The first-order valence-corrected chi connectivity index (χ1v) is 7.52. The maximum atomic E-state index is 12.5.